The van der Waals surface area contributed by atoms with Gasteiger partial charge in [-0.15, -0.1) is 0 Å². The van der Waals surface area contributed by atoms with Crippen LogP contribution in [0.4, 0.5) is 8.78 Å². The van der Waals surface area contributed by atoms with E-state index in [0.29, 0.717) is 6.07 Å². The number of rotatable bonds is 5. The van der Waals surface area contributed by atoms with Crippen LogP contribution in [-0.4, -0.2) is 25.0 Å². The van der Waals surface area contributed by atoms with Gasteiger partial charge in [0.1, 0.15) is 16.5 Å². The molecule has 8 heteroatoms. The van der Waals surface area contributed by atoms with Crippen LogP contribution in [-0.2, 0) is 14.8 Å². The summed E-state index contributed by atoms with van der Waals surface area (Å²) in [5.41, 5.74) is -1.30. The average molecular weight is 293 g/mol. The van der Waals surface area contributed by atoms with E-state index in [4.69, 9.17) is 5.11 Å². The zero-order chi connectivity index (χ0) is 14.8. The number of benzene rings is 1. The van der Waals surface area contributed by atoms with Crippen LogP contribution in [0, 0.1) is 11.6 Å². The van der Waals surface area contributed by atoms with Gasteiger partial charge < -0.3 is 5.11 Å². The quantitative estimate of drug-likeness (QED) is 0.861. The van der Waals surface area contributed by atoms with Gasteiger partial charge in [-0.2, -0.15) is 0 Å². The molecular weight excluding hydrogens is 280 g/mol. The lowest BCUT2D eigenvalue weighted by molar-refractivity contribution is -0.138. The van der Waals surface area contributed by atoms with E-state index in [1.807, 2.05) is 0 Å². The Morgan fingerprint density at radius 3 is 2.42 bits per heavy atom. The summed E-state index contributed by atoms with van der Waals surface area (Å²) in [6.45, 7) is 2.69. The molecule has 1 rings (SSSR count). The molecule has 0 aliphatic rings. The lowest BCUT2D eigenvalue weighted by atomic mass is 10.0. The van der Waals surface area contributed by atoms with Crippen LogP contribution < -0.4 is 4.72 Å². The number of hydrogen-bond donors (Lipinski definition) is 2. The van der Waals surface area contributed by atoms with Gasteiger partial charge in [-0.1, -0.05) is 0 Å². The fraction of sp³-hybridized carbons (Fsp3) is 0.364. The van der Waals surface area contributed by atoms with Crippen LogP contribution in [0.5, 0.6) is 0 Å². The molecule has 1 aromatic rings. The topological polar surface area (TPSA) is 83.5 Å². The van der Waals surface area contributed by atoms with Crippen molar-refractivity contribution >= 4 is 16.0 Å². The van der Waals surface area contributed by atoms with Gasteiger partial charge in [0.15, 0.2) is 0 Å². The van der Waals surface area contributed by atoms with Crippen LogP contribution in [0.2, 0.25) is 0 Å². The molecule has 0 fully saturated rings. The van der Waals surface area contributed by atoms with E-state index in [1.165, 1.54) is 13.8 Å². The third kappa shape index (κ3) is 4.25. The molecule has 5 nitrogen and oxygen atoms in total. The number of carboxylic acid groups (broad SMARTS) is 1. The molecule has 0 aromatic heterocycles. The number of aliphatic carboxylic acids is 1. The zero-order valence-corrected chi connectivity index (χ0v) is 11.1. The van der Waals surface area contributed by atoms with Gasteiger partial charge >= 0.3 is 5.97 Å². The van der Waals surface area contributed by atoms with Crippen molar-refractivity contribution in [2.75, 3.05) is 0 Å². The number of carbonyl (C=O) groups is 1. The number of carboxylic acids is 1. The van der Waals surface area contributed by atoms with Crippen LogP contribution in [0.1, 0.15) is 20.3 Å². The van der Waals surface area contributed by atoms with Gasteiger partial charge in [-0.3, -0.25) is 4.79 Å². The molecule has 0 unspecified atom stereocenters. The Morgan fingerprint density at radius 2 is 1.95 bits per heavy atom. The average Bonchev–Trinajstić information content (AvgIpc) is 2.11. The fourth-order valence-electron chi connectivity index (χ4n) is 1.53. The standard InChI is InChI=1S/C11H13F2NO4S/c1-11(2,6-10(15)16)14-19(17,18)9-4-3-7(12)5-8(9)13/h3-5,14H,6H2,1-2H3,(H,15,16). The number of sulfonamides is 1. The number of nitrogens with one attached hydrogen (secondary N) is 1. The molecule has 0 saturated heterocycles. The van der Waals surface area contributed by atoms with Crippen molar-refractivity contribution in [2.45, 2.75) is 30.7 Å². The minimum absolute atomic E-state index is 0.443. The van der Waals surface area contributed by atoms with E-state index in [9.17, 15) is 22.0 Å². The molecular formula is C11H13F2NO4S. The Labute approximate surface area is 109 Å². The maximum Gasteiger partial charge on any atom is 0.305 e. The van der Waals surface area contributed by atoms with E-state index in [0.717, 1.165) is 12.1 Å². The highest BCUT2D eigenvalue weighted by molar-refractivity contribution is 7.89. The fourth-order valence-corrected chi connectivity index (χ4v) is 3.00. The monoisotopic (exact) mass is 293 g/mol. The second kappa shape index (κ2) is 5.22. The van der Waals surface area contributed by atoms with Crippen LogP contribution in [0.3, 0.4) is 0 Å². The molecule has 0 aliphatic carbocycles. The SMILES string of the molecule is CC(C)(CC(=O)O)NS(=O)(=O)c1ccc(F)cc1F. The second-order valence-electron chi connectivity index (χ2n) is 4.63. The summed E-state index contributed by atoms with van der Waals surface area (Å²) >= 11 is 0. The summed E-state index contributed by atoms with van der Waals surface area (Å²) < 4.78 is 52.0. The van der Waals surface area contributed by atoms with Crippen molar-refractivity contribution in [2.24, 2.45) is 0 Å². The molecule has 106 valence electrons. The van der Waals surface area contributed by atoms with Crippen LogP contribution >= 0.6 is 0 Å². The van der Waals surface area contributed by atoms with E-state index in [-0.39, 0.29) is 0 Å². The largest absolute Gasteiger partial charge is 0.481 e. The molecule has 0 amide bonds. The lowest BCUT2D eigenvalue weighted by Gasteiger charge is -2.24. The summed E-state index contributed by atoms with van der Waals surface area (Å²) in [6.07, 6.45) is -0.477. The molecule has 0 bridgehead atoms. The van der Waals surface area contributed by atoms with Gasteiger partial charge in [0.05, 0.1) is 6.42 Å². The van der Waals surface area contributed by atoms with Gasteiger partial charge in [-0.05, 0) is 26.0 Å². The molecule has 0 heterocycles. The maximum atomic E-state index is 13.4. The minimum atomic E-state index is -4.27. The molecule has 1 aromatic carbocycles. The molecule has 0 atom stereocenters. The zero-order valence-electron chi connectivity index (χ0n) is 10.3. The first-order valence-electron chi connectivity index (χ1n) is 5.24. The highest BCUT2D eigenvalue weighted by atomic mass is 32.2. The summed E-state index contributed by atoms with van der Waals surface area (Å²) in [5, 5.41) is 8.65. The van der Waals surface area contributed by atoms with Crippen molar-refractivity contribution in [3.8, 4) is 0 Å². The molecule has 19 heavy (non-hydrogen) atoms. The summed E-state index contributed by atoms with van der Waals surface area (Å²) in [4.78, 5) is 9.86. The van der Waals surface area contributed by atoms with Crippen molar-refractivity contribution in [1.82, 2.24) is 4.72 Å². The number of halogens is 2. The van der Waals surface area contributed by atoms with Crippen molar-refractivity contribution in [3.05, 3.63) is 29.8 Å². The Bertz CT molecular complexity index is 599. The van der Waals surface area contributed by atoms with Crippen molar-refractivity contribution in [3.63, 3.8) is 0 Å². The molecule has 2 N–H and O–H groups in total. The Hall–Kier alpha value is -1.54. The summed E-state index contributed by atoms with van der Waals surface area (Å²) in [5.74, 6) is -3.34. The van der Waals surface area contributed by atoms with E-state index in [1.54, 1.807) is 0 Å². The predicted octanol–water partition coefficient (Wildman–Crippen LogP) is 1.50. The highest BCUT2D eigenvalue weighted by Gasteiger charge is 2.30. The maximum absolute atomic E-state index is 13.4. The Kier molecular flexibility index (Phi) is 4.26. The van der Waals surface area contributed by atoms with E-state index in [2.05, 4.69) is 4.72 Å². The molecule has 0 aliphatic heterocycles. The third-order valence-corrected chi connectivity index (χ3v) is 3.92. The van der Waals surface area contributed by atoms with Crippen LogP contribution in [0.15, 0.2) is 23.1 Å². The van der Waals surface area contributed by atoms with Gasteiger partial charge in [0.2, 0.25) is 10.0 Å². The first-order valence-corrected chi connectivity index (χ1v) is 6.73. The normalized spacial score (nSPS) is 12.4. The Morgan fingerprint density at radius 1 is 1.37 bits per heavy atom. The first kappa shape index (κ1) is 15.5. The van der Waals surface area contributed by atoms with Gasteiger partial charge in [0, 0.05) is 11.6 Å². The third-order valence-electron chi connectivity index (χ3n) is 2.19. The number of hydrogen-bond acceptors (Lipinski definition) is 3. The molecule has 0 spiro atoms. The summed E-state index contributed by atoms with van der Waals surface area (Å²) in [7, 11) is -4.27. The van der Waals surface area contributed by atoms with E-state index >= 15 is 0 Å². The summed E-state index contributed by atoms with van der Waals surface area (Å²) in [6, 6.07) is 2.03. The van der Waals surface area contributed by atoms with E-state index < -0.39 is 44.5 Å². The van der Waals surface area contributed by atoms with Gasteiger partial charge in [-0.25, -0.2) is 21.9 Å². The lowest BCUT2D eigenvalue weighted by Crippen LogP contribution is -2.45. The molecule has 0 radical (unpaired) electrons. The minimum Gasteiger partial charge on any atom is -0.481 e. The van der Waals surface area contributed by atoms with Crippen molar-refractivity contribution in [1.29, 1.82) is 0 Å². The first-order chi connectivity index (χ1) is 8.53. The van der Waals surface area contributed by atoms with Gasteiger partial charge in [0.25, 0.3) is 0 Å². The smallest absolute Gasteiger partial charge is 0.305 e. The van der Waals surface area contributed by atoms with Crippen LogP contribution in [0.25, 0.3) is 0 Å². The highest BCUT2D eigenvalue weighted by Crippen LogP contribution is 2.19. The Balaban J connectivity index is 3.08. The van der Waals surface area contributed by atoms with Crippen molar-refractivity contribution < 1.29 is 27.1 Å². The molecule has 0 saturated carbocycles. The predicted molar refractivity (Wildman–Crippen MR) is 63.0 cm³/mol. The second-order valence-corrected chi connectivity index (χ2v) is 6.29.